The molecule has 0 radical (unpaired) electrons. The quantitative estimate of drug-likeness (QED) is 0.455. The summed E-state index contributed by atoms with van der Waals surface area (Å²) in [6.45, 7) is 3.78. The molecule has 128 valence electrons. The number of nitriles is 1. The maximum absolute atomic E-state index is 12.0. The van der Waals surface area contributed by atoms with Gasteiger partial charge in [0.1, 0.15) is 5.75 Å². The van der Waals surface area contributed by atoms with Crippen LogP contribution in [0.5, 0.6) is 17.2 Å². The summed E-state index contributed by atoms with van der Waals surface area (Å²) in [5.41, 5.74) is 3.02. The smallest absolute Gasteiger partial charge is 0.349 e. The lowest BCUT2D eigenvalue weighted by Gasteiger charge is -2.11. The monoisotopic (exact) mass is 337 g/mol. The van der Waals surface area contributed by atoms with E-state index in [0.29, 0.717) is 17.2 Å². The SMILES string of the molecule is COc1cc(/C=C\C#N)ccc1OC(=O)COc1ccc(C)c(C)c1. The summed E-state index contributed by atoms with van der Waals surface area (Å²) in [5, 5.41) is 8.56. The standard InChI is InChI=1S/C20H19NO4/c1-14-6-8-17(11-15(14)2)24-13-20(22)25-18-9-7-16(5-4-10-21)12-19(18)23-3/h4-9,11-12H,13H2,1-3H3/b5-4-. The fraction of sp³-hybridized carbons (Fsp3) is 0.200. The number of benzene rings is 2. The van der Waals surface area contributed by atoms with Crippen LogP contribution in [0.3, 0.4) is 0 Å². The molecule has 0 bridgehead atoms. The van der Waals surface area contributed by atoms with Gasteiger partial charge in [-0.25, -0.2) is 4.79 Å². The maximum Gasteiger partial charge on any atom is 0.349 e. The van der Waals surface area contributed by atoms with Crippen molar-refractivity contribution in [2.75, 3.05) is 13.7 Å². The molecule has 0 unspecified atom stereocenters. The van der Waals surface area contributed by atoms with E-state index >= 15 is 0 Å². The first-order valence-corrected chi connectivity index (χ1v) is 7.68. The van der Waals surface area contributed by atoms with Crippen LogP contribution in [0, 0.1) is 25.2 Å². The number of nitrogens with zero attached hydrogens (tertiary/aromatic N) is 1. The third-order valence-corrected chi connectivity index (χ3v) is 3.60. The van der Waals surface area contributed by atoms with Crippen molar-refractivity contribution in [1.82, 2.24) is 0 Å². The summed E-state index contributed by atoms with van der Waals surface area (Å²) in [6, 6.07) is 12.6. The van der Waals surface area contributed by atoms with Crippen molar-refractivity contribution < 1.29 is 19.0 Å². The molecule has 0 spiro atoms. The molecule has 0 amide bonds. The minimum atomic E-state index is -0.531. The van der Waals surface area contributed by atoms with Gasteiger partial charge in [0.05, 0.1) is 13.2 Å². The van der Waals surface area contributed by atoms with Gasteiger partial charge in [-0.2, -0.15) is 5.26 Å². The summed E-state index contributed by atoms with van der Waals surface area (Å²) in [6.07, 6.45) is 2.99. The molecule has 0 saturated heterocycles. The Bertz CT molecular complexity index is 834. The van der Waals surface area contributed by atoms with Crippen molar-refractivity contribution in [3.8, 4) is 23.3 Å². The van der Waals surface area contributed by atoms with Gasteiger partial charge in [0.2, 0.25) is 0 Å². The van der Waals surface area contributed by atoms with Crippen LogP contribution in [-0.2, 0) is 4.79 Å². The second kappa shape index (κ2) is 8.55. The fourth-order valence-electron chi connectivity index (χ4n) is 2.10. The van der Waals surface area contributed by atoms with E-state index in [9.17, 15) is 4.79 Å². The van der Waals surface area contributed by atoms with Crippen molar-refractivity contribution in [2.45, 2.75) is 13.8 Å². The Morgan fingerprint density at radius 3 is 2.60 bits per heavy atom. The summed E-state index contributed by atoms with van der Waals surface area (Å²) >= 11 is 0. The molecule has 2 aromatic carbocycles. The second-order valence-corrected chi connectivity index (χ2v) is 5.38. The Kier molecular flexibility index (Phi) is 6.19. The van der Waals surface area contributed by atoms with Crippen LogP contribution in [0.2, 0.25) is 0 Å². The van der Waals surface area contributed by atoms with E-state index in [-0.39, 0.29) is 6.61 Å². The molecular formula is C20H19NO4. The van der Waals surface area contributed by atoms with E-state index in [2.05, 4.69) is 0 Å². The molecule has 0 fully saturated rings. The Hall–Kier alpha value is -3.26. The zero-order chi connectivity index (χ0) is 18.2. The summed E-state index contributed by atoms with van der Waals surface area (Å²) < 4.78 is 16.0. The van der Waals surface area contributed by atoms with Crippen molar-refractivity contribution in [2.24, 2.45) is 0 Å². The minimum absolute atomic E-state index is 0.207. The van der Waals surface area contributed by atoms with Gasteiger partial charge in [0, 0.05) is 6.08 Å². The summed E-state index contributed by atoms with van der Waals surface area (Å²) in [4.78, 5) is 12.0. The highest BCUT2D eigenvalue weighted by Crippen LogP contribution is 2.28. The lowest BCUT2D eigenvalue weighted by molar-refractivity contribution is -0.136. The first kappa shape index (κ1) is 18.1. The van der Waals surface area contributed by atoms with Crippen LogP contribution in [0.15, 0.2) is 42.5 Å². The molecule has 5 heteroatoms. The number of aryl methyl sites for hydroxylation is 2. The van der Waals surface area contributed by atoms with Gasteiger partial charge in [0.25, 0.3) is 0 Å². The Morgan fingerprint density at radius 2 is 1.92 bits per heavy atom. The van der Waals surface area contributed by atoms with Gasteiger partial charge >= 0.3 is 5.97 Å². The molecule has 0 N–H and O–H groups in total. The fourth-order valence-corrected chi connectivity index (χ4v) is 2.10. The van der Waals surface area contributed by atoms with E-state index in [0.717, 1.165) is 16.7 Å². The van der Waals surface area contributed by atoms with Crippen LogP contribution in [-0.4, -0.2) is 19.7 Å². The van der Waals surface area contributed by atoms with Crippen molar-refractivity contribution in [3.63, 3.8) is 0 Å². The molecule has 0 aliphatic heterocycles. The molecule has 0 saturated carbocycles. The maximum atomic E-state index is 12.0. The molecule has 0 heterocycles. The van der Waals surface area contributed by atoms with Crippen LogP contribution in [0.1, 0.15) is 16.7 Å². The number of esters is 1. The van der Waals surface area contributed by atoms with Crippen molar-refractivity contribution in [3.05, 3.63) is 59.2 Å². The average Bonchev–Trinajstić information content (AvgIpc) is 2.61. The van der Waals surface area contributed by atoms with Crippen LogP contribution >= 0.6 is 0 Å². The molecule has 0 aromatic heterocycles. The van der Waals surface area contributed by atoms with E-state index < -0.39 is 5.97 Å². The number of carbonyl (C=O) groups is 1. The number of methoxy groups -OCH3 is 1. The average molecular weight is 337 g/mol. The predicted octanol–water partition coefficient (Wildman–Crippen LogP) is 3.83. The topological polar surface area (TPSA) is 68.5 Å². The highest BCUT2D eigenvalue weighted by atomic mass is 16.6. The molecule has 2 aromatic rings. The van der Waals surface area contributed by atoms with Crippen LogP contribution in [0.25, 0.3) is 6.08 Å². The van der Waals surface area contributed by atoms with E-state index in [1.807, 2.05) is 38.1 Å². The number of carbonyl (C=O) groups excluding carboxylic acids is 1. The number of rotatable bonds is 6. The molecule has 5 nitrogen and oxygen atoms in total. The lowest BCUT2D eigenvalue weighted by atomic mass is 10.1. The Labute approximate surface area is 147 Å². The normalized spacial score (nSPS) is 10.3. The third kappa shape index (κ3) is 5.11. The second-order valence-electron chi connectivity index (χ2n) is 5.38. The van der Waals surface area contributed by atoms with Gasteiger partial charge in [-0.15, -0.1) is 0 Å². The summed E-state index contributed by atoms with van der Waals surface area (Å²) in [7, 11) is 1.48. The van der Waals surface area contributed by atoms with Crippen molar-refractivity contribution >= 4 is 12.0 Å². The van der Waals surface area contributed by atoms with Crippen LogP contribution in [0.4, 0.5) is 0 Å². The third-order valence-electron chi connectivity index (χ3n) is 3.60. The molecule has 25 heavy (non-hydrogen) atoms. The molecular weight excluding hydrogens is 318 g/mol. The summed E-state index contributed by atoms with van der Waals surface area (Å²) in [5.74, 6) is 0.783. The molecule has 0 atom stereocenters. The van der Waals surface area contributed by atoms with Gasteiger partial charge in [0.15, 0.2) is 18.1 Å². The number of ether oxygens (including phenoxy) is 3. The van der Waals surface area contributed by atoms with E-state index in [4.69, 9.17) is 19.5 Å². The van der Waals surface area contributed by atoms with Crippen molar-refractivity contribution in [1.29, 1.82) is 5.26 Å². The molecule has 0 aliphatic carbocycles. The zero-order valence-electron chi connectivity index (χ0n) is 14.4. The van der Waals surface area contributed by atoms with E-state index in [1.54, 1.807) is 24.3 Å². The van der Waals surface area contributed by atoms with Crippen LogP contribution < -0.4 is 14.2 Å². The highest BCUT2D eigenvalue weighted by molar-refractivity contribution is 5.75. The van der Waals surface area contributed by atoms with Gasteiger partial charge < -0.3 is 14.2 Å². The number of hydrogen-bond donors (Lipinski definition) is 0. The zero-order valence-corrected chi connectivity index (χ0v) is 14.4. The molecule has 2 rings (SSSR count). The van der Waals surface area contributed by atoms with Gasteiger partial charge in [-0.1, -0.05) is 12.1 Å². The van der Waals surface area contributed by atoms with Gasteiger partial charge in [-0.05, 0) is 60.9 Å². The van der Waals surface area contributed by atoms with Gasteiger partial charge in [-0.3, -0.25) is 0 Å². The highest BCUT2D eigenvalue weighted by Gasteiger charge is 2.11. The first-order chi connectivity index (χ1) is 12.0. The van der Waals surface area contributed by atoms with E-state index in [1.165, 1.54) is 13.2 Å². The minimum Gasteiger partial charge on any atom is -0.493 e. The first-order valence-electron chi connectivity index (χ1n) is 7.68. The number of hydrogen-bond acceptors (Lipinski definition) is 5. The largest absolute Gasteiger partial charge is 0.493 e. The number of allylic oxidation sites excluding steroid dienone is 1. The Morgan fingerprint density at radius 1 is 1.12 bits per heavy atom. The molecule has 0 aliphatic rings. The Balaban J connectivity index is 2.01. The lowest BCUT2D eigenvalue weighted by Crippen LogP contribution is -2.18. The predicted molar refractivity (Wildman–Crippen MR) is 94.7 cm³/mol.